The molecule has 1 rings (SSSR count). The van der Waals surface area contributed by atoms with E-state index in [-0.39, 0.29) is 0 Å². The summed E-state index contributed by atoms with van der Waals surface area (Å²) in [6.07, 6.45) is 0. The van der Waals surface area contributed by atoms with Crippen molar-refractivity contribution in [2.75, 3.05) is 13.6 Å². The average molecular weight is 209 g/mol. The molecule has 0 fully saturated rings. The van der Waals surface area contributed by atoms with E-state index >= 15 is 0 Å². The maximum Gasteiger partial charge on any atom is 0.00144 e. The lowest BCUT2D eigenvalue weighted by Gasteiger charge is -2.09. The van der Waals surface area contributed by atoms with Crippen molar-refractivity contribution in [2.24, 2.45) is 0 Å². The highest BCUT2D eigenvalue weighted by Crippen LogP contribution is 2.12. The summed E-state index contributed by atoms with van der Waals surface area (Å²) in [6, 6.07) is 10.6. The van der Waals surface area contributed by atoms with Gasteiger partial charge < -0.3 is 5.32 Å². The topological polar surface area (TPSA) is 12.0 Å². The zero-order valence-electron chi connectivity index (χ0n) is 11.2. The van der Waals surface area contributed by atoms with E-state index < -0.39 is 0 Å². The third kappa shape index (κ3) is 8.19. The molecule has 0 amide bonds. The first-order valence-corrected chi connectivity index (χ1v) is 6.04. The van der Waals surface area contributed by atoms with Crippen molar-refractivity contribution in [3.63, 3.8) is 0 Å². The van der Waals surface area contributed by atoms with Gasteiger partial charge in [-0.15, -0.1) is 0 Å². The number of nitrogens with one attached hydrogen (secondary N) is 1. The molecule has 0 saturated carbocycles. The van der Waals surface area contributed by atoms with Gasteiger partial charge in [0.25, 0.3) is 0 Å². The SMILES string of the molecule is CC.CC.CNCC(C)c1ccccc1. The van der Waals surface area contributed by atoms with E-state index in [0.29, 0.717) is 5.92 Å². The predicted molar refractivity (Wildman–Crippen MR) is 71.5 cm³/mol. The summed E-state index contributed by atoms with van der Waals surface area (Å²) < 4.78 is 0. The van der Waals surface area contributed by atoms with Gasteiger partial charge in [-0.25, -0.2) is 0 Å². The maximum absolute atomic E-state index is 3.17. The summed E-state index contributed by atoms with van der Waals surface area (Å²) in [4.78, 5) is 0. The summed E-state index contributed by atoms with van der Waals surface area (Å²) in [6.45, 7) is 11.3. The van der Waals surface area contributed by atoms with Crippen molar-refractivity contribution in [3.8, 4) is 0 Å². The van der Waals surface area contributed by atoms with Crippen LogP contribution in [0.3, 0.4) is 0 Å². The van der Waals surface area contributed by atoms with Crippen molar-refractivity contribution in [1.82, 2.24) is 5.32 Å². The first kappa shape index (κ1) is 16.6. The Bertz CT molecular complexity index is 194. The van der Waals surface area contributed by atoms with Crippen molar-refractivity contribution < 1.29 is 0 Å². The molecular formula is C14H27N. The number of benzene rings is 1. The first-order chi connectivity index (χ1) is 7.34. The Morgan fingerprint density at radius 1 is 1.00 bits per heavy atom. The molecule has 0 saturated heterocycles. The van der Waals surface area contributed by atoms with Crippen LogP contribution in [0, 0.1) is 0 Å². The molecule has 1 N–H and O–H groups in total. The highest BCUT2D eigenvalue weighted by molar-refractivity contribution is 5.18. The molecule has 1 aromatic rings. The summed E-state index contributed by atoms with van der Waals surface area (Å²) in [5.74, 6) is 0.612. The van der Waals surface area contributed by atoms with E-state index in [1.807, 2.05) is 34.7 Å². The molecule has 1 heteroatoms. The molecule has 0 bridgehead atoms. The Balaban J connectivity index is 0. The molecule has 1 nitrogen and oxygen atoms in total. The zero-order valence-corrected chi connectivity index (χ0v) is 11.2. The lowest BCUT2D eigenvalue weighted by Crippen LogP contribution is -2.14. The smallest absolute Gasteiger partial charge is 0.00144 e. The molecule has 0 aliphatic heterocycles. The van der Waals surface area contributed by atoms with Crippen LogP contribution >= 0.6 is 0 Å². The molecule has 1 atom stereocenters. The van der Waals surface area contributed by atoms with E-state index in [1.165, 1.54) is 5.56 Å². The Kier molecular flexibility index (Phi) is 14.6. The second-order valence-corrected chi connectivity index (χ2v) is 2.87. The minimum absolute atomic E-state index is 0.612. The molecule has 1 unspecified atom stereocenters. The van der Waals surface area contributed by atoms with Gasteiger partial charge in [0.2, 0.25) is 0 Å². The van der Waals surface area contributed by atoms with Crippen LogP contribution in [0.5, 0.6) is 0 Å². The van der Waals surface area contributed by atoms with Gasteiger partial charge in [0.1, 0.15) is 0 Å². The molecule has 0 heterocycles. The van der Waals surface area contributed by atoms with Crippen LogP contribution < -0.4 is 5.32 Å². The Morgan fingerprint density at radius 2 is 1.47 bits per heavy atom. The summed E-state index contributed by atoms with van der Waals surface area (Å²) >= 11 is 0. The Labute approximate surface area is 95.9 Å². The van der Waals surface area contributed by atoms with Crippen LogP contribution in [0.4, 0.5) is 0 Å². The van der Waals surface area contributed by atoms with E-state index in [2.05, 4.69) is 42.6 Å². The van der Waals surface area contributed by atoms with Crippen LogP contribution in [0.1, 0.15) is 46.1 Å². The number of hydrogen-bond donors (Lipinski definition) is 1. The predicted octanol–water partition coefficient (Wildman–Crippen LogP) is 4.06. The molecule has 88 valence electrons. The van der Waals surface area contributed by atoms with Crippen molar-refractivity contribution in [2.45, 2.75) is 40.5 Å². The minimum atomic E-state index is 0.612. The van der Waals surface area contributed by atoms with Crippen LogP contribution in [0.25, 0.3) is 0 Å². The Hall–Kier alpha value is -0.820. The van der Waals surface area contributed by atoms with Crippen molar-refractivity contribution in [3.05, 3.63) is 35.9 Å². The van der Waals surface area contributed by atoms with Gasteiger partial charge in [0.05, 0.1) is 0 Å². The third-order valence-electron chi connectivity index (χ3n) is 1.88. The van der Waals surface area contributed by atoms with Crippen LogP contribution in [0.2, 0.25) is 0 Å². The molecule has 0 spiro atoms. The van der Waals surface area contributed by atoms with E-state index in [1.54, 1.807) is 0 Å². The molecule has 0 aliphatic rings. The quantitative estimate of drug-likeness (QED) is 0.791. The first-order valence-electron chi connectivity index (χ1n) is 6.04. The fraction of sp³-hybridized carbons (Fsp3) is 0.571. The summed E-state index contributed by atoms with van der Waals surface area (Å²) in [7, 11) is 1.99. The monoisotopic (exact) mass is 209 g/mol. The minimum Gasteiger partial charge on any atom is -0.319 e. The van der Waals surface area contributed by atoms with Gasteiger partial charge in [-0.05, 0) is 18.5 Å². The molecular weight excluding hydrogens is 182 g/mol. The van der Waals surface area contributed by atoms with Gasteiger partial charge in [-0.2, -0.15) is 0 Å². The maximum atomic E-state index is 3.17. The number of rotatable bonds is 3. The van der Waals surface area contributed by atoms with Gasteiger partial charge in [0.15, 0.2) is 0 Å². The molecule has 1 aromatic carbocycles. The zero-order chi connectivity index (χ0) is 12.1. The summed E-state index contributed by atoms with van der Waals surface area (Å²) in [5, 5.41) is 3.17. The van der Waals surface area contributed by atoms with Crippen LogP contribution in [-0.4, -0.2) is 13.6 Å². The van der Waals surface area contributed by atoms with Crippen molar-refractivity contribution in [1.29, 1.82) is 0 Å². The van der Waals surface area contributed by atoms with Crippen LogP contribution in [0.15, 0.2) is 30.3 Å². The molecule has 15 heavy (non-hydrogen) atoms. The average Bonchev–Trinajstić information content (AvgIpc) is 2.36. The normalized spacial score (nSPS) is 10.3. The van der Waals surface area contributed by atoms with Gasteiger partial charge in [0, 0.05) is 6.54 Å². The highest BCUT2D eigenvalue weighted by atomic mass is 14.8. The lowest BCUT2D eigenvalue weighted by molar-refractivity contribution is 0.678. The second-order valence-electron chi connectivity index (χ2n) is 2.87. The lowest BCUT2D eigenvalue weighted by atomic mass is 10.0. The van der Waals surface area contributed by atoms with Crippen molar-refractivity contribution >= 4 is 0 Å². The highest BCUT2D eigenvalue weighted by Gasteiger charge is 2.01. The number of hydrogen-bond acceptors (Lipinski definition) is 1. The second kappa shape index (κ2) is 13.2. The van der Waals surface area contributed by atoms with E-state index in [9.17, 15) is 0 Å². The van der Waals surface area contributed by atoms with Gasteiger partial charge in [-0.1, -0.05) is 65.0 Å². The van der Waals surface area contributed by atoms with Crippen LogP contribution in [-0.2, 0) is 0 Å². The molecule has 0 radical (unpaired) electrons. The third-order valence-corrected chi connectivity index (χ3v) is 1.88. The van der Waals surface area contributed by atoms with Gasteiger partial charge in [-0.3, -0.25) is 0 Å². The largest absolute Gasteiger partial charge is 0.319 e. The van der Waals surface area contributed by atoms with E-state index in [0.717, 1.165) is 6.54 Å². The molecule has 0 aromatic heterocycles. The number of likely N-dealkylation sites (N-methyl/N-ethyl adjacent to an activating group) is 1. The summed E-state index contributed by atoms with van der Waals surface area (Å²) in [5.41, 5.74) is 1.40. The fourth-order valence-electron chi connectivity index (χ4n) is 1.21. The fourth-order valence-corrected chi connectivity index (χ4v) is 1.21. The Morgan fingerprint density at radius 3 is 1.87 bits per heavy atom. The van der Waals surface area contributed by atoms with Gasteiger partial charge >= 0.3 is 0 Å². The van der Waals surface area contributed by atoms with E-state index in [4.69, 9.17) is 0 Å². The standard InChI is InChI=1S/C10H15N.2C2H6/c1-9(8-11-2)10-6-4-3-5-7-10;2*1-2/h3-7,9,11H,8H2,1-2H3;2*1-2H3. The molecule has 0 aliphatic carbocycles.